The lowest BCUT2D eigenvalue weighted by molar-refractivity contribution is 0.302. The minimum atomic E-state index is -0.125. The van der Waals surface area contributed by atoms with Gasteiger partial charge >= 0.3 is 0 Å². The minimum absolute atomic E-state index is 0.125. The van der Waals surface area contributed by atoms with Crippen LogP contribution in [-0.4, -0.2) is 0 Å². The summed E-state index contributed by atoms with van der Waals surface area (Å²) in [6.45, 7) is 2.25. The van der Waals surface area contributed by atoms with Crippen molar-refractivity contribution in [2.45, 2.75) is 77.0 Å². The van der Waals surface area contributed by atoms with Gasteiger partial charge < -0.3 is 0 Å². The first-order valence-electron chi connectivity index (χ1n) is 9.28. The second-order valence-electron chi connectivity index (χ2n) is 6.96. The number of hydrogen-bond donors (Lipinski definition) is 0. The summed E-state index contributed by atoms with van der Waals surface area (Å²) >= 11 is 0. The molecular weight excluding hydrogens is 290 g/mol. The standard InChI is InChI=1S/C21H30F2/c1-2-3-4-7-17-9-11-18(12-10-17)20-14-13-19(21(23)16-20)8-5-6-15-22/h6,13-18H,2-5,7-12H2,1H3/b15-6+. The Labute approximate surface area is 140 Å². The highest BCUT2D eigenvalue weighted by Gasteiger charge is 2.22. The quantitative estimate of drug-likeness (QED) is 0.448. The molecule has 128 valence electrons. The number of benzene rings is 1. The molecule has 0 spiro atoms. The summed E-state index contributed by atoms with van der Waals surface area (Å²) in [5.41, 5.74) is 1.85. The molecular formula is C21H30F2. The summed E-state index contributed by atoms with van der Waals surface area (Å²) in [5, 5.41) is 0. The molecule has 0 aromatic heterocycles. The number of allylic oxidation sites excluding steroid dienone is 1. The van der Waals surface area contributed by atoms with Gasteiger partial charge in [0, 0.05) is 0 Å². The van der Waals surface area contributed by atoms with E-state index in [4.69, 9.17) is 0 Å². The molecule has 2 heteroatoms. The van der Waals surface area contributed by atoms with Crippen molar-refractivity contribution in [1.82, 2.24) is 0 Å². The van der Waals surface area contributed by atoms with Crippen LogP contribution in [0.4, 0.5) is 8.78 Å². The molecule has 1 aromatic carbocycles. The highest BCUT2D eigenvalue weighted by atomic mass is 19.1. The molecule has 2 rings (SSSR count). The Morgan fingerprint density at radius 3 is 2.57 bits per heavy atom. The summed E-state index contributed by atoms with van der Waals surface area (Å²) in [5.74, 6) is 1.28. The van der Waals surface area contributed by atoms with E-state index in [1.807, 2.05) is 6.07 Å². The molecule has 0 heterocycles. The molecule has 0 saturated heterocycles. The van der Waals surface area contributed by atoms with Crippen LogP contribution in [0.5, 0.6) is 0 Å². The fraction of sp³-hybridized carbons (Fsp3) is 0.619. The van der Waals surface area contributed by atoms with Gasteiger partial charge in [0.05, 0.1) is 6.33 Å². The van der Waals surface area contributed by atoms with Gasteiger partial charge in [-0.25, -0.2) is 8.78 Å². The molecule has 0 amide bonds. The van der Waals surface area contributed by atoms with E-state index in [0.29, 0.717) is 30.7 Å². The Hall–Kier alpha value is -1.18. The molecule has 1 aliphatic carbocycles. The molecule has 0 bridgehead atoms. The van der Waals surface area contributed by atoms with Gasteiger partial charge in [-0.15, -0.1) is 0 Å². The number of aryl methyl sites for hydroxylation is 1. The van der Waals surface area contributed by atoms with Crippen molar-refractivity contribution in [3.63, 3.8) is 0 Å². The average molecular weight is 320 g/mol. The first-order chi connectivity index (χ1) is 11.2. The van der Waals surface area contributed by atoms with Gasteiger partial charge in [-0.3, -0.25) is 0 Å². The van der Waals surface area contributed by atoms with Crippen LogP contribution in [0.2, 0.25) is 0 Å². The summed E-state index contributed by atoms with van der Waals surface area (Å²) in [6, 6.07) is 5.69. The maximum absolute atomic E-state index is 14.2. The van der Waals surface area contributed by atoms with Gasteiger partial charge in [-0.1, -0.05) is 50.8 Å². The second-order valence-corrected chi connectivity index (χ2v) is 6.96. The van der Waals surface area contributed by atoms with Crippen LogP contribution in [0.1, 0.15) is 81.8 Å². The SMILES string of the molecule is CCCCCC1CCC(c2ccc(CC/C=C/F)c(F)c2)CC1. The summed E-state index contributed by atoms with van der Waals surface area (Å²) in [6.07, 6.45) is 13.4. The minimum Gasteiger partial charge on any atom is -0.216 e. The van der Waals surface area contributed by atoms with Crippen LogP contribution in [0.15, 0.2) is 30.6 Å². The highest BCUT2D eigenvalue weighted by Crippen LogP contribution is 2.38. The molecule has 0 nitrogen and oxygen atoms in total. The maximum atomic E-state index is 14.2. The van der Waals surface area contributed by atoms with E-state index in [9.17, 15) is 8.78 Å². The van der Waals surface area contributed by atoms with Crippen LogP contribution in [0, 0.1) is 11.7 Å². The Morgan fingerprint density at radius 1 is 1.13 bits per heavy atom. The monoisotopic (exact) mass is 320 g/mol. The zero-order chi connectivity index (χ0) is 16.5. The highest BCUT2D eigenvalue weighted by molar-refractivity contribution is 5.27. The van der Waals surface area contributed by atoms with Gasteiger partial charge in [0.2, 0.25) is 0 Å². The molecule has 1 aromatic rings. The molecule has 0 atom stereocenters. The largest absolute Gasteiger partial charge is 0.216 e. The summed E-state index contributed by atoms with van der Waals surface area (Å²) in [4.78, 5) is 0. The van der Waals surface area contributed by atoms with Crippen molar-refractivity contribution in [2.24, 2.45) is 5.92 Å². The first kappa shape index (κ1) is 18.2. The third kappa shape index (κ3) is 5.75. The summed E-state index contributed by atoms with van der Waals surface area (Å²) < 4.78 is 26.2. The van der Waals surface area contributed by atoms with Gasteiger partial charge in [0.25, 0.3) is 0 Å². The van der Waals surface area contributed by atoms with E-state index in [1.54, 1.807) is 6.07 Å². The van der Waals surface area contributed by atoms with Crippen LogP contribution in [0.25, 0.3) is 0 Å². The smallest absolute Gasteiger partial charge is 0.126 e. The normalized spacial score (nSPS) is 21.9. The summed E-state index contributed by atoms with van der Waals surface area (Å²) in [7, 11) is 0. The van der Waals surface area contributed by atoms with Crippen LogP contribution < -0.4 is 0 Å². The zero-order valence-electron chi connectivity index (χ0n) is 14.4. The predicted molar refractivity (Wildman–Crippen MR) is 93.8 cm³/mol. The maximum Gasteiger partial charge on any atom is 0.126 e. The lowest BCUT2D eigenvalue weighted by Gasteiger charge is -2.29. The molecule has 0 radical (unpaired) electrons. The number of hydrogen-bond acceptors (Lipinski definition) is 0. The number of halogens is 2. The van der Waals surface area contributed by atoms with Gasteiger partial charge in [0.15, 0.2) is 0 Å². The third-order valence-corrected chi connectivity index (χ3v) is 5.28. The fourth-order valence-electron chi connectivity index (χ4n) is 3.79. The number of unbranched alkanes of at least 4 members (excludes halogenated alkanes) is 2. The van der Waals surface area contributed by atoms with Crippen LogP contribution in [-0.2, 0) is 6.42 Å². The molecule has 0 N–H and O–H groups in total. The molecule has 0 aliphatic heterocycles. The van der Waals surface area contributed by atoms with E-state index in [1.165, 1.54) is 57.4 Å². The second kappa shape index (κ2) is 9.85. The predicted octanol–water partition coefficient (Wildman–Crippen LogP) is 7.10. The number of rotatable bonds is 8. The first-order valence-corrected chi connectivity index (χ1v) is 9.28. The molecule has 1 aliphatic rings. The van der Waals surface area contributed by atoms with Gasteiger partial charge in [0.1, 0.15) is 5.82 Å². The Bertz CT molecular complexity index is 485. The lowest BCUT2D eigenvalue weighted by atomic mass is 9.77. The van der Waals surface area contributed by atoms with Crippen molar-refractivity contribution in [1.29, 1.82) is 0 Å². The van der Waals surface area contributed by atoms with Crippen molar-refractivity contribution in [2.75, 3.05) is 0 Å². The van der Waals surface area contributed by atoms with E-state index in [0.717, 1.165) is 11.5 Å². The lowest BCUT2D eigenvalue weighted by Crippen LogP contribution is -2.13. The van der Waals surface area contributed by atoms with Crippen LogP contribution >= 0.6 is 0 Å². The van der Waals surface area contributed by atoms with E-state index < -0.39 is 0 Å². The van der Waals surface area contributed by atoms with E-state index >= 15 is 0 Å². The van der Waals surface area contributed by atoms with Crippen molar-refractivity contribution < 1.29 is 8.78 Å². The Kier molecular flexibility index (Phi) is 7.78. The molecule has 1 fully saturated rings. The zero-order valence-corrected chi connectivity index (χ0v) is 14.4. The average Bonchev–Trinajstić information content (AvgIpc) is 2.57. The fourth-order valence-corrected chi connectivity index (χ4v) is 3.79. The van der Waals surface area contributed by atoms with E-state index in [2.05, 4.69) is 13.0 Å². The van der Waals surface area contributed by atoms with Crippen molar-refractivity contribution >= 4 is 0 Å². The van der Waals surface area contributed by atoms with E-state index in [-0.39, 0.29) is 5.82 Å². The van der Waals surface area contributed by atoms with Crippen molar-refractivity contribution in [3.8, 4) is 0 Å². The third-order valence-electron chi connectivity index (χ3n) is 5.28. The molecule has 1 saturated carbocycles. The Balaban J connectivity index is 1.84. The van der Waals surface area contributed by atoms with Crippen molar-refractivity contribution in [3.05, 3.63) is 47.5 Å². The van der Waals surface area contributed by atoms with Gasteiger partial charge in [-0.05, 0) is 67.6 Å². The Morgan fingerprint density at radius 2 is 1.91 bits per heavy atom. The molecule has 23 heavy (non-hydrogen) atoms. The molecule has 0 unspecified atom stereocenters. The van der Waals surface area contributed by atoms with Gasteiger partial charge in [-0.2, -0.15) is 0 Å². The topological polar surface area (TPSA) is 0 Å². The van der Waals surface area contributed by atoms with Crippen LogP contribution in [0.3, 0.4) is 0 Å².